The van der Waals surface area contributed by atoms with E-state index in [1.165, 1.54) is 0 Å². The summed E-state index contributed by atoms with van der Waals surface area (Å²) >= 11 is 0. The molecule has 2 N–H and O–H groups in total. The van der Waals surface area contributed by atoms with E-state index in [9.17, 15) is 4.79 Å². The summed E-state index contributed by atoms with van der Waals surface area (Å²) in [5.41, 5.74) is 6.71. The first-order chi connectivity index (χ1) is 11.2. The third kappa shape index (κ3) is 4.77. The predicted octanol–water partition coefficient (Wildman–Crippen LogP) is 2.76. The van der Waals surface area contributed by atoms with Crippen LogP contribution in [0.1, 0.15) is 38.7 Å². The molecule has 0 radical (unpaired) electrons. The number of piperidine rings is 1. The van der Waals surface area contributed by atoms with Crippen molar-refractivity contribution in [2.45, 2.75) is 44.8 Å². The highest BCUT2D eigenvalue weighted by atomic mass is 16.6. The van der Waals surface area contributed by atoms with Crippen molar-refractivity contribution in [2.75, 3.05) is 27.3 Å². The zero-order valence-corrected chi connectivity index (χ0v) is 15.2. The largest absolute Gasteiger partial charge is 0.497 e. The molecule has 0 spiro atoms. The van der Waals surface area contributed by atoms with E-state index in [2.05, 4.69) is 0 Å². The fourth-order valence-corrected chi connectivity index (χ4v) is 2.92. The molecule has 2 atom stereocenters. The Morgan fingerprint density at radius 2 is 1.71 bits per heavy atom. The van der Waals surface area contributed by atoms with Gasteiger partial charge in [-0.05, 0) is 44.9 Å². The summed E-state index contributed by atoms with van der Waals surface area (Å²) in [5, 5.41) is 0. The van der Waals surface area contributed by atoms with Gasteiger partial charge >= 0.3 is 6.09 Å². The van der Waals surface area contributed by atoms with Gasteiger partial charge in [0, 0.05) is 31.1 Å². The molecule has 0 unspecified atom stereocenters. The zero-order valence-electron chi connectivity index (χ0n) is 15.2. The number of methoxy groups -OCH3 is 2. The number of carbonyl (C=O) groups excluding carboxylic acids is 1. The van der Waals surface area contributed by atoms with Gasteiger partial charge in [0.05, 0.1) is 14.2 Å². The standard InChI is InChI=1S/C18H28N2O4/c1-18(2,3)24-17(21)20-10-13(6-14(19)11-20)12-7-15(22-4)9-16(8-12)23-5/h7-9,13-14H,6,10-11,19H2,1-5H3/t13-,14+/m0/s1. The van der Waals surface area contributed by atoms with Gasteiger partial charge in [-0.15, -0.1) is 0 Å². The molecular formula is C18H28N2O4. The number of ether oxygens (including phenoxy) is 3. The van der Waals surface area contributed by atoms with E-state index in [0.717, 1.165) is 23.5 Å². The molecule has 134 valence electrons. The minimum Gasteiger partial charge on any atom is -0.497 e. The van der Waals surface area contributed by atoms with Gasteiger partial charge in [-0.1, -0.05) is 0 Å². The molecule has 1 amide bonds. The quantitative estimate of drug-likeness (QED) is 0.919. The molecule has 1 aromatic carbocycles. The Labute approximate surface area is 143 Å². The third-order valence-corrected chi connectivity index (χ3v) is 3.98. The number of benzene rings is 1. The number of hydrogen-bond donors (Lipinski definition) is 1. The molecule has 2 rings (SSSR count). The average molecular weight is 336 g/mol. The Balaban J connectivity index is 2.20. The molecule has 0 bridgehead atoms. The molecule has 1 aliphatic heterocycles. The molecule has 0 saturated carbocycles. The molecule has 1 heterocycles. The fourth-order valence-electron chi connectivity index (χ4n) is 2.92. The number of carbonyl (C=O) groups is 1. The van der Waals surface area contributed by atoms with Gasteiger partial charge < -0.3 is 24.8 Å². The van der Waals surface area contributed by atoms with Gasteiger partial charge in [0.15, 0.2) is 0 Å². The third-order valence-electron chi connectivity index (χ3n) is 3.98. The van der Waals surface area contributed by atoms with E-state index < -0.39 is 5.60 Å². The van der Waals surface area contributed by atoms with E-state index >= 15 is 0 Å². The number of nitrogens with two attached hydrogens (primary N) is 1. The number of hydrogen-bond acceptors (Lipinski definition) is 5. The Kier molecular flexibility index (Phi) is 5.59. The van der Waals surface area contributed by atoms with Crippen molar-refractivity contribution >= 4 is 6.09 Å². The second kappa shape index (κ2) is 7.30. The van der Waals surface area contributed by atoms with Gasteiger partial charge in [0.25, 0.3) is 0 Å². The summed E-state index contributed by atoms with van der Waals surface area (Å²) in [6.45, 7) is 6.66. The van der Waals surface area contributed by atoms with Crippen molar-refractivity contribution in [3.8, 4) is 11.5 Å². The van der Waals surface area contributed by atoms with Crippen LogP contribution in [0.25, 0.3) is 0 Å². The fraction of sp³-hybridized carbons (Fsp3) is 0.611. The van der Waals surface area contributed by atoms with E-state index in [-0.39, 0.29) is 18.1 Å². The van der Waals surface area contributed by atoms with Crippen LogP contribution in [-0.4, -0.2) is 49.9 Å². The van der Waals surface area contributed by atoms with Crippen LogP contribution in [0, 0.1) is 0 Å². The molecule has 24 heavy (non-hydrogen) atoms. The first-order valence-corrected chi connectivity index (χ1v) is 8.18. The summed E-state index contributed by atoms with van der Waals surface area (Å²) < 4.78 is 16.2. The molecule has 1 fully saturated rings. The first kappa shape index (κ1) is 18.4. The Bertz CT molecular complexity index is 561. The van der Waals surface area contributed by atoms with E-state index in [1.807, 2.05) is 39.0 Å². The SMILES string of the molecule is COc1cc(OC)cc([C@H]2C[C@@H](N)CN(C(=O)OC(C)(C)C)C2)c1. The lowest BCUT2D eigenvalue weighted by atomic mass is 9.88. The van der Waals surface area contributed by atoms with Crippen molar-refractivity contribution in [1.29, 1.82) is 0 Å². The van der Waals surface area contributed by atoms with Crippen LogP contribution < -0.4 is 15.2 Å². The van der Waals surface area contributed by atoms with Crippen LogP contribution in [0.3, 0.4) is 0 Å². The maximum Gasteiger partial charge on any atom is 0.410 e. The van der Waals surface area contributed by atoms with Crippen LogP contribution in [0.2, 0.25) is 0 Å². The highest BCUT2D eigenvalue weighted by molar-refractivity contribution is 5.68. The molecular weight excluding hydrogens is 308 g/mol. The van der Waals surface area contributed by atoms with Gasteiger partial charge in [0.2, 0.25) is 0 Å². The smallest absolute Gasteiger partial charge is 0.410 e. The Hall–Kier alpha value is -1.95. The minimum absolute atomic E-state index is 0.0894. The average Bonchev–Trinajstić information content (AvgIpc) is 2.52. The number of likely N-dealkylation sites (tertiary alicyclic amines) is 1. The molecule has 1 saturated heterocycles. The van der Waals surface area contributed by atoms with Crippen LogP contribution in [0.5, 0.6) is 11.5 Å². The molecule has 1 aliphatic rings. The number of rotatable bonds is 3. The van der Waals surface area contributed by atoms with E-state index in [1.54, 1.807) is 19.1 Å². The van der Waals surface area contributed by atoms with Gasteiger partial charge in [-0.2, -0.15) is 0 Å². The zero-order chi connectivity index (χ0) is 17.9. The number of amides is 1. The van der Waals surface area contributed by atoms with E-state index in [0.29, 0.717) is 13.1 Å². The predicted molar refractivity (Wildman–Crippen MR) is 92.7 cm³/mol. The Morgan fingerprint density at radius 1 is 1.12 bits per heavy atom. The maximum absolute atomic E-state index is 12.4. The van der Waals surface area contributed by atoms with Crippen molar-refractivity contribution in [2.24, 2.45) is 5.73 Å². The van der Waals surface area contributed by atoms with Crippen LogP contribution in [-0.2, 0) is 4.74 Å². The van der Waals surface area contributed by atoms with Crippen molar-refractivity contribution in [3.63, 3.8) is 0 Å². The van der Waals surface area contributed by atoms with Gasteiger partial charge in [-0.3, -0.25) is 0 Å². The number of nitrogens with zero attached hydrogens (tertiary/aromatic N) is 1. The summed E-state index contributed by atoms with van der Waals surface area (Å²) in [5.74, 6) is 1.57. The monoisotopic (exact) mass is 336 g/mol. The van der Waals surface area contributed by atoms with Crippen molar-refractivity contribution < 1.29 is 19.0 Å². The second-order valence-electron chi connectivity index (χ2n) is 7.22. The molecule has 6 heteroatoms. The highest BCUT2D eigenvalue weighted by Gasteiger charge is 2.32. The normalized spacial score (nSPS) is 21.3. The topological polar surface area (TPSA) is 74.0 Å². The summed E-state index contributed by atoms with van der Waals surface area (Å²) in [4.78, 5) is 14.1. The summed E-state index contributed by atoms with van der Waals surface area (Å²) in [6, 6.07) is 5.68. The second-order valence-corrected chi connectivity index (χ2v) is 7.22. The van der Waals surface area contributed by atoms with Crippen LogP contribution in [0.15, 0.2) is 18.2 Å². The molecule has 0 aliphatic carbocycles. The lowest BCUT2D eigenvalue weighted by Crippen LogP contribution is -2.50. The summed E-state index contributed by atoms with van der Waals surface area (Å²) in [6.07, 6.45) is 0.479. The van der Waals surface area contributed by atoms with Crippen LogP contribution >= 0.6 is 0 Å². The van der Waals surface area contributed by atoms with Crippen LogP contribution in [0.4, 0.5) is 4.79 Å². The minimum atomic E-state index is -0.521. The summed E-state index contributed by atoms with van der Waals surface area (Å²) in [7, 11) is 3.25. The first-order valence-electron chi connectivity index (χ1n) is 8.18. The van der Waals surface area contributed by atoms with Gasteiger partial charge in [-0.25, -0.2) is 4.79 Å². The molecule has 1 aromatic rings. The Morgan fingerprint density at radius 3 is 2.21 bits per heavy atom. The van der Waals surface area contributed by atoms with E-state index in [4.69, 9.17) is 19.9 Å². The lowest BCUT2D eigenvalue weighted by Gasteiger charge is -2.37. The molecule has 0 aromatic heterocycles. The highest BCUT2D eigenvalue weighted by Crippen LogP contribution is 2.32. The van der Waals surface area contributed by atoms with Gasteiger partial charge in [0.1, 0.15) is 17.1 Å². The van der Waals surface area contributed by atoms with Crippen molar-refractivity contribution in [3.05, 3.63) is 23.8 Å². The maximum atomic E-state index is 12.4. The van der Waals surface area contributed by atoms with Crippen molar-refractivity contribution in [1.82, 2.24) is 4.90 Å². The molecule has 6 nitrogen and oxygen atoms in total. The lowest BCUT2D eigenvalue weighted by molar-refractivity contribution is 0.0180.